The Labute approximate surface area is 147 Å². The van der Waals surface area contributed by atoms with Crippen LogP contribution < -0.4 is 5.73 Å². The van der Waals surface area contributed by atoms with Crippen molar-refractivity contribution < 1.29 is 14.1 Å². The second-order valence-electron chi connectivity index (χ2n) is 5.43. The summed E-state index contributed by atoms with van der Waals surface area (Å²) >= 11 is 0. The van der Waals surface area contributed by atoms with E-state index in [1.807, 2.05) is 31.2 Å². The zero-order valence-electron chi connectivity index (χ0n) is 14.1. The van der Waals surface area contributed by atoms with Gasteiger partial charge in [-0.25, -0.2) is 0 Å². The number of aromatic nitrogens is 2. The Bertz CT molecular complexity index is 645. The van der Waals surface area contributed by atoms with Crippen LogP contribution in [-0.4, -0.2) is 41.7 Å². The maximum absolute atomic E-state index is 12.4. The smallest absolute Gasteiger partial charge is 0.246 e. The number of amides is 1. The summed E-state index contributed by atoms with van der Waals surface area (Å²) in [6.07, 6.45) is 0.570. The number of halogens is 1. The number of likely N-dealkylation sites (N-methyl/N-ethyl adjacent to an activating group) is 1. The Morgan fingerprint density at radius 3 is 2.67 bits per heavy atom. The normalized spacial score (nSPS) is 11.7. The predicted octanol–water partition coefficient (Wildman–Crippen LogP) is 1.65. The lowest BCUT2D eigenvalue weighted by atomic mass is 10.1. The number of nitrogens with two attached hydrogens (primary N) is 1. The number of ether oxygens (including phenoxy) is 1. The van der Waals surface area contributed by atoms with Crippen LogP contribution in [0.25, 0.3) is 0 Å². The number of carbonyl (C=O) groups is 1. The van der Waals surface area contributed by atoms with E-state index in [2.05, 4.69) is 10.1 Å². The first-order valence-corrected chi connectivity index (χ1v) is 7.38. The van der Waals surface area contributed by atoms with E-state index in [0.717, 1.165) is 11.1 Å². The highest BCUT2D eigenvalue weighted by Crippen LogP contribution is 2.15. The molecule has 2 N–H and O–H groups in total. The molecule has 0 aliphatic carbocycles. The van der Waals surface area contributed by atoms with Gasteiger partial charge in [0.15, 0.2) is 5.82 Å². The van der Waals surface area contributed by atoms with E-state index >= 15 is 0 Å². The van der Waals surface area contributed by atoms with Gasteiger partial charge in [-0.05, 0) is 12.5 Å². The van der Waals surface area contributed by atoms with Gasteiger partial charge in [-0.3, -0.25) is 4.79 Å². The third-order valence-corrected chi connectivity index (χ3v) is 3.49. The summed E-state index contributed by atoms with van der Waals surface area (Å²) < 4.78 is 10.1. The molecule has 1 aromatic carbocycles. The molecule has 0 saturated heterocycles. The molecule has 0 aliphatic rings. The van der Waals surface area contributed by atoms with Gasteiger partial charge in [-0.1, -0.05) is 35.0 Å². The van der Waals surface area contributed by atoms with Crippen LogP contribution in [0.2, 0.25) is 0 Å². The van der Waals surface area contributed by atoms with E-state index in [4.69, 9.17) is 15.0 Å². The van der Waals surface area contributed by atoms with Crippen molar-refractivity contribution in [3.63, 3.8) is 0 Å². The van der Waals surface area contributed by atoms with Gasteiger partial charge in [0.1, 0.15) is 6.04 Å². The summed E-state index contributed by atoms with van der Waals surface area (Å²) in [5, 5.41) is 3.84. The van der Waals surface area contributed by atoms with Crippen LogP contribution in [0.3, 0.4) is 0 Å². The van der Waals surface area contributed by atoms with Crippen LogP contribution in [0.15, 0.2) is 28.8 Å². The summed E-state index contributed by atoms with van der Waals surface area (Å²) in [6, 6.07) is 6.88. The summed E-state index contributed by atoms with van der Waals surface area (Å²) in [5.41, 5.74) is 7.94. The van der Waals surface area contributed by atoms with Gasteiger partial charge in [-0.15, -0.1) is 12.4 Å². The van der Waals surface area contributed by atoms with Gasteiger partial charge in [0.2, 0.25) is 11.8 Å². The monoisotopic (exact) mass is 354 g/mol. The van der Waals surface area contributed by atoms with E-state index in [1.165, 1.54) is 4.90 Å². The fourth-order valence-corrected chi connectivity index (χ4v) is 2.08. The maximum Gasteiger partial charge on any atom is 0.246 e. The van der Waals surface area contributed by atoms with Crippen molar-refractivity contribution in [1.29, 1.82) is 0 Å². The lowest BCUT2D eigenvalue weighted by molar-refractivity contribution is -0.132. The number of benzene rings is 1. The van der Waals surface area contributed by atoms with Crippen molar-refractivity contribution in [2.24, 2.45) is 5.73 Å². The minimum Gasteiger partial charge on any atom is -0.384 e. The van der Waals surface area contributed by atoms with Crippen molar-refractivity contribution in [1.82, 2.24) is 15.0 Å². The molecular formula is C16H23ClN4O3. The van der Waals surface area contributed by atoms with Crippen LogP contribution in [0.1, 0.15) is 28.9 Å². The van der Waals surface area contributed by atoms with Gasteiger partial charge in [-0.2, -0.15) is 4.98 Å². The average molecular weight is 355 g/mol. The topological polar surface area (TPSA) is 94.5 Å². The summed E-state index contributed by atoms with van der Waals surface area (Å²) in [7, 11) is 3.27. The molecule has 8 heteroatoms. The number of hydrogen-bond donors (Lipinski definition) is 1. The molecule has 0 spiro atoms. The van der Waals surface area contributed by atoms with Crippen LogP contribution in [0.4, 0.5) is 0 Å². The largest absolute Gasteiger partial charge is 0.384 e. The second-order valence-corrected chi connectivity index (χ2v) is 5.43. The average Bonchev–Trinajstić information content (AvgIpc) is 2.99. The molecule has 1 aromatic heterocycles. The van der Waals surface area contributed by atoms with Crippen LogP contribution in [-0.2, 0) is 22.5 Å². The molecular weight excluding hydrogens is 332 g/mol. The maximum atomic E-state index is 12.4. The summed E-state index contributed by atoms with van der Waals surface area (Å²) in [5.74, 6) is 0.735. The fraction of sp³-hybridized carbons (Fsp3) is 0.438. The van der Waals surface area contributed by atoms with Gasteiger partial charge in [0.05, 0.1) is 13.2 Å². The Morgan fingerprint density at radius 1 is 1.38 bits per heavy atom. The third kappa shape index (κ3) is 5.30. The molecule has 0 aliphatic heterocycles. The van der Waals surface area contributed by atoms with Crippen LogP contribution in [0.5, 0.6) is 0 Å². The molecule has 2 rings (SSSR count). The lowest BCUT2D eigenvalue weighted by Crippen LogP contribution is -2.35. The Kier molecular flexibility index (Phi) is 7.84. The van der Waals surface area contributed by atoms with Gasteiger partial charge >= 0.3 is 0 Å². The van der Waals surface area contributed by atoms with E-state index < -0.39 is 6.04 Å². The molecule has 1 atom stereocenters. The van der Waals surface area contributed by atoms with E-state index in [1.54, 1.807) is 14.2 Å². The lowest BCUT2D eigenvalue weighted by Gasteiger charge is -2.20. The second kappa shape index (κ2) is 9.36. The van der Waals surface area contributed by atoms with E-state index in [-0.39, 0.29) is 24.9 Å². The molecule has 0 bridgehead atoms. The SMILES string of the molecule is COCCc1noc(CN(C)C(=O)C(N)c2ccc(C)cc2)n1.Cl. The number of nitrogens with zero attached hydrogens (tertiary/aromatic N) is 3. The molecule has 0 saturated carbocycles. The van der Waals surface area contributed by atoms with Gasteiger partial charge in [0.25, 0.3) is 0 Å². The predicted molar refractivity (Wildman–Crippen MR) is 91.7 cm³/mol. The quantitative estimate of drug-likeness (QED) is 0.812. The molecule has 2 aromatic rings. The zero-order valence-corrected chi connectivity index (χ0v) is 14.9. The first-order valence-electron chi connectivity index (χ1n) is 7.38. The van der Waals surface area contributed by atoms with Crippen molar-refractivity contribution in [2.75, 3.05) is 20.8 Å². The molecule has 1 unspecified atom stereocenters. The minimum absolute atomic E-state index is 0. The first kappa shape index (κ1) is 20.1. The van der Waals surface area contributed by atoms with Crippen molar-refractivity contribution >= 4 is 18.3 Å². The van der Waals surface area contributed by atoms with E-state index in [0.29, 0.717) is 24.7 Å². The molecule has 0 radical (unpaired) electrons. The number of carbonyl (C=O) groups excluding carboxylic acids is 1. The zero-order chi connectivity index (χ0) is 16.8. The first-order chi connectivity index (χ1) is 11.0. The van der Waals surface area contributed by atoms with Gasteiger partial charge in [0, 0.05) is 20.6 Å². The highest BCUT2D eigenvalue weighted by Gasteiger charge is 2.21. The standard InChI is InChI=1S/C16H22N4O3.ClH/c1-11-4-6-12(7-5-11)15(17)16(21)20(2)10-14-18-13(19-23-14)8-9-22-3;/h4-7,15H,8-10,17H2,1-3H3;1H. The number of rotatable bonds is 7. The highest BCUT2D eigenvalue weighted by atomic mass is 35.5. The molecule has 1 amide bonds. The molecule has 132 valence electrons. The Hall–Kier alpha value is -1.96. The third-order valence-electron chi connectivity index (χ3n) is 3.49. The molecule has 0 fully saturated rings. The highest BCUT2D eigenvalue weighted by molar-refractivity contribution is 5.85. The van der Waals surface area contributed by atoms with Crippen molar-refractivity contribution in [3.8, 4) is 0 Å². The van der Waals surface area contributed by atoms with Crippen molar-refractivity contribution in [2.45, 2.75) is 25.9 Å². The van der Waals surface area contributed by atoms with E-state index in [9.17, 15) is 4.79 Å². The van der Waals surface area contributed by atoms with Gasteiger partial charge < -0.3 is 19.9 Å². The van der Waals surface area contributed by atoms with Crippen LogP contribution in [0, 0.1) is 6.92 Å². The Morgan fingerprint density at radius 2 is 2.04 bits per heavy atom. The summed E-state index contributed by atoms with van der Waals surface area (Å²) in [4.78, 5) is 18.1. The van der Waals surface area contributed by atoms with Crippen LogP contribution >= 0.6 is 12.4 Å². The molecule has 24 heavy (non-hydrogen) atoms. The number of aryl methyl sites for hydroxylation is 1. The Balaban J connectivity index is 0.00000288. The fourth-order valence-electron chi connectivity index (χ4n) is 2.08. The van der Waals surface area contributed by atoms with Crippen molar-refractivity contribution in [3.05, 3.63) is 47.1 Å². The number of methoxy groups -OCH3 is 1. The molecule has 1 heterocycles. The summed E-state index contributed by atoms with van der Waals surface area (Å²) in [6.45, 7) is 2.73. The minimum atomic E-state index is -0.712. The molecule has 7 nitrogen and oxygen atoms in total. The number of hydrogen-bond acceptors (Lipinski definition) is 6.